The van der Waals surface area contributed by atoms with Crippen LogP contribution in [0.3, 0.4) is 0 Å². The second-order valence-electron chi connectivity index (χ2n) is 0.839. The summed E-state index contributed by atoms with van der Waals surface area (Å²) in [6.07, 6.45) is 2.73. The van der Waals surface area contributed by atoms with Gasteiger partial charge >= 0.3 is 6.03 Å². The monoisotopic (exact) mass is 96.0 g/mol. The minimum absolute atomic E-state index is 0. The minimum atomic E-state index is -0.407. The molecule has 3 radical (unpaired) electrons. The largest absolute Gasteiger partial charge is 0.367 e. The Bertz CT molecular complexity index is 112. The Morgan fingerprint density at radius 1 is 1.29 bits per heavy atom. The summed E-state index contributed by atoms with van der Waals surface area (Å²) in [5, 5.41) is 0. The average molecular weight is 96.1 g/mol. The van der Waals surface area contributed by atoms with E-state index in [1.807, 2.05) is 0 Å². The Morgan fingerprint density at radius 2 is 1.71 bits per heavy atom. The first-order valence-corrected chi connectivity index (χ1v) is 1.50. The van der Waals surface area contributed by atoms with Crippen LogP contribution in [0, 0.1) is 0 Å². The Balaban J connectivity index is 0.000000360. The van der Waals surface area contributed by atoms with Gasteiger partial charge in [-0.1, -0.05) is 0 Å². The molecule has 1 aliphatic heterocycles. The van der Waals surface area contributed by atoms with Gasteiger partial charge in [-0.25, -0.2) is 4.79 Å². The van der Waals surface area contributed by atoms with Gasteiger partial charge in [0.2, 0.25) is 0 Å². The first-order chi connectivity index (χ1) is 2.89. The van der Waals surface area contributed by atoms with Crippen molar-refractivity contribution in [1.29, 1.82) is 0 Å². The zero-order valence-corrected chi connectivity index (χ0v) is 3.40. The van der Waals surface area contributed by atoms with Crippen molar-refractivity contribution < 1.29 is 4.79 Å². The summed E-state index contributed by atoms with van der Waals surface area (Å²) in [5.74, 6) is 0. The van der Waals surface area contributed by atoms with Gasteiger partial charge in [0.05, 0.1) is 12.4 Å². The molecule has 0 N–H and O–H groups in total. The van der Waals surface area contributed by atoms with Gasteiger partial charge in [-0.15, -0.1) is 0 Å². The number of aliphatic imine (C=N–C) groups is 2. The predicted molar refractivity (Wildman–Crippen MR) is 24.5 cm³/mol. The topological polar surface area (TPSA) is 72.3 Å². The number of hydrogen-bond acceptors (Lipinski definition) is 1. The third-order valence-corrected chi connectivity index (χ3v) is 0.437. The molecule has 0 fully saturated rings. The number of amides is 2. The van der Waals surface area contributed by atoms with Crippen LogP contribution in [0.15, 0.2) is 9.98 Å². The smallest absolute Gasteiger partial charge is 0.244 e. The molecule has 1 rings (SSSR count). The molecule has 35 valence electrons. The Labute approximate surface area is 40.6 Å². The van der Waals surface area contributed by atoms with Crippen LogP contribution in [-0.2, 0) is 0 Å². The predicted octanol–water partition coefficient (Wildman–Crippen LogP) is -0.219. The molecule has 4 heteroatoms. The van der Waals surface area contributed by atoms with Crippen LogP contribution in [0.1, 0.15) is 0 Å². The molecule has 0 saturated heterocycles. The highest BCUT2D eigenvalue weighted by Crippen LogP contribution is 1.81. The first kappa shape index (κ1) is 5.97. The molecule has 0 atom stereocenters. The van der Waals surface area contributed by atoms with E-state index in [1.54, 1.807) is 0 Å². The Kier molecular flexibility index (Phi) is 1.87. The van der Waals surface area contributed by atoms with Gasteiger partial charge in [0.1, 0.15) is 0 Å². The molecule has 1 aliphatic rings. The molecule has 0 aromatic carbocycles. The summed E-state index contributed by atoms with van der Waals surface area (Å²) in [6, 6.07) is -0.407. The van der Waals surface area contributed by atoms with Gasteiger partial charge in [-0.2, -0.15) is 9.98 Å². The van der Waals surface area contributed by atoms with Crippen molar-refractivity contribution in [3.63, 3.8) is 0 Å². The zero-order valence-electron chi connectivity index (χ0n) is 3.40. The lowest BCUT2D eigenvalue weighted by atomic mass is 10.9. The van der Waals surface area contributed by atoms with Crippen molar-refractivity contribution in [3.8, 4) is 0 Å². The number of carbonyl (C=O) groups is 1. The third kappa shape index (κ3) is 1.23. The fourth-order valence-electron chi connectivity index (χ4n) is 0.228. The molecule has 7 heavy (non-hydrogen) atoms. The van der Waals surface area contributed by atoms with E-state index in [9.17, 15) is 4.79 Å². The van der Waals surface area contributed by atoms with E-state index in [0.29, 0.717) is 0 Å². The lowest BCUT2D eigenvalue weighted by molar-refractivity contribution is 0.257. The van der Waals surface area contributed by atoms with E-state index in [4.69, 9.17) is 0 Å². The number of rotatable bonds is 0. The molecule has 0 spiro atoms. The molecular weight excluding hydrogens is 94.1 g/mol. The third-order valence-electron chi connectivity index (χ3n) is 0.437. The van der Waals surface area contributed by atoms with Crippen LogP contribution in [0.2, 0.25) is 0 Å². The molecule has 2 amide bonds. The molecule has 1 heterocycles. The van der Waals surface area contributed by atoms with Crippen molar-refractivity contribution in [2.45, 2.75) is 0 Å². The van der Waals surface area contributed by atoms with Crippen molar-refractivity contribution in [2.75, 3.05) is 0 Å². The summed E-state index contributed by atoms with van der Waals surface area (Å²) < 4.78 is 0. The highest BCUT2D eigenvalue weighted by molar-refractivity contribution is 6.25. The van der Waals surface area contributed by atoms with E-state index < -0.39 is 6.03 Å². The maximum atomic E-state index is 9.85. The summed E-state index contributed by atoms with van der Waals surface area (Å²) in [6.45, 7) is 0. The molecule has 0 aromatic heterocycles. The molecule has 4 nitrogen and oxygen atoms in total. The standard InChI is InChI=1S/C3H2N2O.N/c6-3-4-1-2-5-3;/h1-2H;. The SMILES string of the molecule is O=C1N=CC=N1.[N]. The molecule has 0 bridgehead atoms. The van der Waals surface area contributed by atoms with E-state index in [1.165, 1.54) is 12.4 Å². The second-order valence-corrected chi connectivity index (χ2v) is 0.839. The maximum Gasteiger partial charge on any atom is 0.367 e. The number of hydrogen-bond donors (Lipinski definition) is 0. The van der Waals surface area contributed by atoms with Crippen LogP contribution in [-0.4, -0.2) is 18.5 Å². The maximum absolute atomic E-state index is 9.85. The van der Waals surface area contributed by atoms with Crippen LogP contribution >= 0.6 is 0 Å². The van der Waals surface area contributed by atoms with Crippen molar-refractivity contribution in [2.24, 2.45) is 9.98 Å². The lowest BCUT2D eigenvalue weighted by Gasteiger charge is -1.62. The lowest BCUT2D eigenvalue weighted by Crippen LogP contribution is -1.70. The molecule has 0 aliphatic carbocycles. The number of nitrogens with zero attached hydrogens (tertiary/aromatic N) is 3. The molecule has 0 saturated carbocycles. The molecular formula is C3H2N3O. The van der Waals surface area contributed by atoms with Crippen molar-refractivity contribution in [1.82, 2.24) is 6.15 Å². The van der Waals surface area contributed by atoms with Crippen LogP contribution in [0.4, 0.5) is 4.79 Å². The summed E-state index contributed by atoms with van der Waals surface area (Å²) in [7, 11) is 0. The average Bonchev–Trinajstić information content (AvgIpc) is 1.86. The summed E-state index contributed by atoms with van der Waals surface area (Å²) in [5.41, 5.74) is 0. The van der Waals surface area contributed by atoms with E-state index in [0.717, 1.165) is 0 Å². The Morgan fingerprint density at radius 3 is 1.86 bits per heavy atom. The highest BCUT2D eigenvalue weighted by atomic mass is 16.2. The Hall–Kier alpha value is -1.03. The van der Waals surface area contributed by atoms with Gasteiger partial charge in [0.15, 0.2) is 0 Å². The van der Waals surface area contributed by atoms with E-state index in [-0.39, 0.29) is 6.15 Å². The van der Waals surface area contributed by atoms with E-state index in [2.05, 4.69) is 9.98 Å². The second kappa shape index (κ2) is 2.20. The number of urea groups is 1. The van der Waals surface area contributed by atoms with E-state index >= 15 is 0 Å². The van der Waals surface area contributed by atoms with Crippen LogP contribution < -0.4 is 6.15 Å². The van der Waals surface area contributed by atoms with Gasteiger partial charge in [-0.3, -0.25) is 0 Å². The fourth-order valence-corrected chi connectivity index (χ4v) is 0.228. The molecule has 0 aromatic rings. The van der Waals surface area contributed by atoms with Crippen molar-refractivity contribution in [3.05, 3.63) is 0 Å². The number of carbonyl (C=O) groups excluding carboxylic acids is 1. The van der Waals surface area contributed by atoms with Gasteiger partial charge in [0, 0.05) is 6.15 Å². The van der Waals surface area contributed by atoms with Gasteiger partial charge < -0.3 is 0 Å². The normalized spacial score (nSPS) is 14.6. The van der Waals surface area contributed by atoms with Crippen LogP contribution in [0.25, 0.3) is 0 Å². The van der Waals surface area contributed by atoms with Gasteiger partial charge in [0.25, 0.3) is 0 Å². The zero-order chi connectivity index (χ0) is 4.41. The quantitative estimate of drug-likeness (QED) is 0.411. The van der Waals surface area contributed by atoms with Crippen LogP contribution in [0.5, 0.6) is 0 Å². The van der Waals surface area contributed by atoms with Crippen molar-refractivity contribution >= 4 is 18.5 Å². The minimum Gasteiger partial charge on any atom is -0.244 e. The van der Waals surface area contributed by atoms with Gasteiger partial charge in [-0.05, 0) is 0 Å². The fraction of sp³-hybridized carbons (Fsp3) is 0. The summed E-state index contributed by atoms with van der Waals surface area (Å²) in [4.78, 5) is 16.3. The first-order valence-electron chi connectivity index (χ1n) is 1.50. The summed E-state index contributed by atoms with van der Waals surface area (Å²) >= 11 is 0. The molecule has 0 unspecified atom stereocenters. The highest BCUT2D eigenvalue weighted by Gasteiger charge is 1.91.